The number of nitrogens with zero attached hydrogens (tertiary/aromatic N) is 2. The number of carbonyl (C=O) groups excluding carboxylic acids is 1. The predicted octanol–water partition coefficient (Wildman–Crippen LogP) is -1.42. The fraction of sp³-hybridized carbons (Fsp3) is 0.625. The Balaban J connectivity index is 2.36. The summed E-state index contributed by atoms with van der Waals surface area (Å²) in [6.45, 7) is 3.96. The van der Waals surface area contributed by atoms with Gasteiger partial charge in [-0.2, -0.15) is 4.99 Å². The van der Waals surface area contributed by atoms with Crippen molar-refractivity contribution in [2.75, 3.05) is 0 Å². The maximum atomic E-state index is 11.5. The smallest absolute Gasteiger partial charge is 0.251 e. The minimum absolute atomic E-state index is 0.115. The molecular formula is C8H13N5O. The van der Waals surface area contributed by atoms with Gasteiger partial charge in [-0.15, -0.1) is 0 Å². The number of carbonyl (C=O) groups is 1. The van der Waals surface area contributed by atoms with Crippen LogP contribution in [-0.4, -0.2) is 35.8 Å². The zero-order chi connectivity index (χ0) is 10.3. The highest BCUT2D eigenvalue weighted by molar-refractivity contribution is 6.19. The molecule has 2 heterocycles. The van der Waals surface area contributed by atoms with Gasteiger partial charge in [-0.3, -0.25) is 20.4 Å². The van der Waals surface area contributed by atoms with Gasteiger partial charge in [0.25, 0.3) is 5.91 Å². The number of rotatable bonds is 0. The molecule has 2 aliphatic heterocycles. The Bertz CT molecular complexity index is 335. The summed E-state index contributed by atoms with van der Waals surface area (Å²) >= 11 is 0. The van der Waals surface area contributed by atoms with Crippen molar-refractivity contribution in [3.63, 3.8) is 0 Å². The maximum absolute atomic E-state index is 11.5. The molecule has 0 aromatic carbocycles. The van der Waals surface area contributed by atoms with Gasteiger partial charge in [0.05, 0.1) is 6.04 Å². The Morgan fingerprint density at radius 2 is 2.14 bits per heavy atom. The van der Waals surface area contributed by atoms with Crippen LogP contribution in [0.4, 0.5) is 0 Å². The van der Waals surface area contributed by atoms with E-state index in [0.717, 1.165) is 0 Å². The number of hydrogen-bond acceptors (Lipinski definition) is 5. The summed E-state index contributed by atoms with van der Waals surface area (Å²) in [7, 11) is 0. The van der Waals surface area contributed by atoms with Gasteiger partial charge in [0.2, 0.25) is 5.96 Å². The SMILES string of the molecule is C[C@@H]1N[C@@H]2C(=O)NC(N)=NC2=N[C@@H]1C. The first-order valence-corrected chi connectivity index (χ1v) is 4.56. The van der Waals surface area contributed by atoms with E-state index in [2.05, 4.69) is 20.6 Å². The number of hydrogen-bond donors (Lipinski definition) is 3. The summed E-state index contributed by atoms with van der Waals surface area (Å²) in [5.74, 6) is 0.417. The molecule has 0 saturated carbocycles. The van der Waals surface area contributed by atoms with Crippen LogP contribution in [0.5, 0.6) is 0 Å². The minimum Gasteiger partial charge on any atom is -0.369 e. The number of guanidine groups is 1. The molecule has 0 spiro atoms. The molecule has 0 aromatic heterocycles. The summed E-state index contributed by atoms with van der Waals surface area (Å²) in [5.41, 5.74) is 5.42. The molecule has 0 aliphatic carbocycles. The van der Waals surface area contributed by atoms with E-state index >= 15 is 0 Å². The van der Waals surface area contributed by atoms with E-state index in [9.17, 15) is 4.79 Å². The zero-order valence-corrected chi connectivity index (χ0v) is 8.11. The van der Waals surface area contributed by atoms with Crippen LogP contribution in [0.25, 0.3) is 0 Å². The van der Waals surface area contributed by atoms with Crippen molar-refractivity contribution in [1.82, 2.24) is 10.6 Å². The lowest BCUT2D eigenvalue weighted by molar-refractivity contribution is -0.120. The standard InChI is InChI=1S/C8H13N5O/c1-3-4(2)11-6-5(10-3)7(14)13-8(9)12-6/h3-5,10H,1-2H3,(H3,9,11,12,13,14)/t3-,4+,5-/m0/s1. The third-order valence-electron chi connectivity index (χ3n) is 2.50. The molecule has 4 N–H and O–H groups in total. The topological polar surface area (TPSA) is 91.9 Å². The van der Waals surface area contributed by atoms with Gasteiger partial charge in [0, 0.05) is 6.04 Å². The van der Waals surface area contributed by atoms with Crippen LogP contribution in [0.15, 0.2) is 9.98 Å². The molecule has 0 bridgehead atoms. The largest absolute Gasteiger partial charge is 0.369 e. The summed E-state index contributed by atoms with van der Waals surface area (Å²) < 4.78 is 0. The van der Waals surface area contributed by atoms with Crippen LogP contribution in [0.1, 0.15) is 13.8 Å². The molecular weight excluding hydrogens is 182 g/mol. The van der Waals surface area contributed by atoms with Crippen LogP contribution in [0.2, 0.25) is 0 Å². The molecule has 0 aromatic rings. The van der Waals surface area contributed by atoms with Crippen LogP contribution in [0.3, 0.4) is 0 Å². The van der Waals surface area contributed by atoms with E-state index in [4.69, 9.17) is 5.73 Å². The second kappa shape index (κ2) is 3.06. The van der Waals surface area contributed by atoms with Crippen molar-refractivity contribution in [3.8, 4) is 0 Å². The molecule has 1 amide bonds. The molecule has 2 rings (SSSR count). The van der Waals surface area contributed by atoms with Gasteiger partial charge in [-0.1, -0.05) is 0 Å². The lowest BCUT2D eigenvalue weighted by Gasteiger charge is -2.32. The van der Waals surface area contributed by atoms with Crippen molar-refractivity contribution in [2.24, 2.45) is 15.7 Å². The van der Waals surface area contributed by atoms with E-state index in [1.807, 2.05) is 13.8 Å². The molecule has 14 heavy (non-hydrogen) atoms. The predicted molar refractivity (Wildman–Crippen MR) is 53.0 cm³/mol. The Hall–Kier alpha value is -1.43. The Morgan fingerprint density at radius 3 is 2.86 bits per heavy atom. The van der Waals surface area contributed by atoms with E-state index in [1.54, 1.807) is 0 Å². The van der Waals surface area contributed by atoms with Gasteiger partial charge in [0.15, 0.2) is 5.84 Å². The highest BCUT2D eigenvalue weighted by Gasteiger charge is 2.35. The minimum atomic E-state index is -0.450. The van der Waals surface area contributed by atoms with Crippen LogP contribution in [0, 0.1) is 0 Å². The number of nitrogens with two attached hydrogens (primary N) is 1. The molecule has 0 saturated heterocycles. The fourth-order valence-corrected chi connectivity index (χ4v) is 1.51. The molecule has 6 nitrogen and oxygen atoms in total. The zero-order valence-electron chi connectivity index (χ0n) is 8.11. The summed E-state index contributed by atoms with van der Waals surface area (Å²) in [6.07, 6.45) is 0. The first-order chi connectivity index (χ1) is 6.58. The molecule has 2 aliphatic rings. The molecule has 6 heteroatoms. The van der Waals surface area contributed by atoms with Crippen molar-refractivity contribution >= 4 is 17.7 Å². The number of amides is 1. The van der Waals surface area contributed by atoms with Crippen molar-refractivity contribution < 1.29 is 4.79 Å². The van der Waals surface area contributed by atoms with E-state index in [0.29, 0.717) is 5.84 Å². The van der Waals surface area contributed by atoms with Gasteiger partial charge in [-0.25, -0.2) is 0 Å². The summed E-state index contributed by atoms with van der Waals surface area (Å²) in [5, 5.41) is 5.59. The molecule has 0 fully saturated rings. The molecule has 0 unspecified atom stereocenters. The average Bonchev–Trinajstić information content (AvgIpc) is 2.08. The van der Waals surface area contributed by atoms with Gasteiger partial charge in [-0.05, 0) is 13.8 Å². The highest BCUT2D eigenvalue weighted by atomic mass is 16.2. The Kier molecular flexibility index (Phi) is 1.99. The Labute approximate surface area is 81.7 Å². The normalized spacial score (nSPS) is 36.7. The average molecular weight is 195 g/mol. The third-order valence-corrected chi connectivity index (χ3v) is 2.50. The van der Waals surface area contributed by atoms with Crippen LogP contribution < -0.4 is 16.4 Å². The number of nitrogens with one attached hydrogen (secondary N) is 2. The molecule has 3 atom stereocenters. The Morgan fingerprint density at radius 1 is 1.43 bits per heavy atom. The summed E-state index contributed by atoms with van der Waals surface area (Å²) in [4.78, 5) is 19.8. The molecule has 0 radical (unpaired) electrons. The monoisotopic (exact) mass is 195 g/mol. The maximum Gasteiger partial charge on any atom is 0.251 e. The number of fused-ring (bicyclic) bond motifs is 1. The number of amidine groups is 1. The van der Waals surface area contributed by atoms with Crippen LogP contribution in [-0.2, 0) is 4.79 Å². The first kappa shape index (κ1) is 9.14. The van der Waals surface area contributed by atoms with Gasteiger partial charge >= 0.3 is 0 Å². The van der Waals surface area contributed by atoms with E-state index < -0.39 is 6.04 Å². The van der Waals surface area contributed by atoms with Crippen molar-refractivity contribution in [1.29, 1.82) is 0 Å². The third kappa shape index (κ3) is 1.37. The quantitative estimate of drug-likeness (QED) is 0.443. The van der Waals surface area contributed by atoms with Crippen molar-refractivity contribution in [2.45, 2.75) is 32.0 Å². The lowest BCUT2D eigenvalue weighted by atomic mass is 10.1. The van der Waals surface area contributed by atoms with Crippen LogP contribution >= 0.6 is 0 Å². The van der Waals surface area contributed by atoms with Gasteiger partial charge in [0.1, 0.15) is 6.04 Å². The first-order valence-electron chi connectivity index (χ1n) is 4.56. The second-order valence-corrected chi connectivity index (χ2v) is 3.60. The van der Waals surface area contributed by atoms with Gasteiger partial charge < -0.3 is 5.73 Å². The molecule has 76 valence electrons. The highest BCUT2D eigenvalue weighted by Crippen LogP contribution is 2.11. The fourth-order valence-electron chi connectivity index (χ4n) is 1.51. The van der Waals surface area contributed by atoms with E-state index in [-0.39, 0.29) is 24.0 Å². The lowest BCUT2D eigenvalue weighted by Crippen LogP contribution is -2.61. The number of aliphatic imine (C=N–C) groups is 2. The summed E-state index contributed by atoms with van der Waals surface area (Å²) in [6, 6.07) is -0.166. The van der Waals surface area contributed by atoms with Crippen molar-refractivity contribution in [3.05, 3.63) is 0 Å². The van der Waals surface area contributed by atoms with E-state index in [1.165, 1.54) is 0 Å². The second-order valence-electron chi connectivity index (χ2n) is 3.60.